The molecular formula is C16H25N3O3S2. The van der Waals surface area contributed by atoms with Crippen LogP contribution in [-0.4, -0.2) is 55.8 Å². The molecule has 1 aromatic heterocycles. The van der Waals surface area contributed by atoms with E-state index in [0.717, 1.165) is 43.5 Å². The molecule has 0 saturated carbocycles. The van der Waals surface area contributed by atoms with Crippen molar-refractivity contribution in [1.82, 2.24) is 9.21 Å². The molecule has 3 heterocycles. The van der Waals surface area contributed by atoms with Gasteiger partial charge in [0.1, 0.15) is 4.21 Å². The molecule has 1 unspecified atom stereocenters. The SMILES string of the molecule is NCC1CCCCN1C(=O)Cc1ccc(S(=O)(=O)N2CCCC2)s1. The summed E-state index contributed by atoms with van der Waals surface area (Å²) in [6.45, 7) is 2.44. The van der Waals surface area contributed by atoms with E-state index >= 15 is 0 Å². The van der Waals surface area contributed by atoms with Crippen LogP contribution in [0.25, 0.3) is 0 Å². The zero-order valence-electron chi connectivity index (χ0n) is 13.8. The van der Waals surface area contributed by atoms with Gasteiger partial charge in [0.05, 0.1) is 6.42 Å². The van der Waals surface area contributed by atoms with E-state index in [0.29, 0.717) is 23.8 Å². The largest absolute Gasteiger partial charge is 0.338 e. The van der Waals surface area contributed by atoms with Gasteiger partial charge in [-0.15, -0.1) is 11.3 Å². The summed E-state index contributed by atoms with van der Waals surface area (Å²) >= 11 is 1.22. The monoisotopic (exact) mass is 371 g/mol. The Morgan fingerprint density at radius 2 is 1.88 bits per heavy atom. The lowest BCUT2D eigenvalue weighted by atomic mass is 10.0. The Morgan fingerprint density at radius 1 is 1.17 bits per heavy atom. The van der Waals surface area contributed by atoms with Crippen LogP contribution in [0.4, 0.5) is 0 Å². The Bertz CT molecular complexity index is 680. The summed E-state index contributed by atoms with van der Waals surface area (Å²) in [6.07, 6.45) is 5.19. The van der Waals surface area contributed by atoms with Crippen LogP contribution in [0, 0.1) is 0 Å². The number of carbonyl (C=O) groups excluding carboxylic acids is 1. The van der Waals surface area contributed by atoms with Crippen molar-refractivity contribution < 1.29 is 13.2 Å². The zero-order chi connectivity index (χ0) is 17.2. The Labute approximate surface area is 147 Å². The molecule has 3 rings (SSSR count). The Balaban J connectivity index is 1.68. The lowest BCUT2D eigenvalue weighted by molar-refractivity contribution is -0.133. The number of thiophene rings is 1. The first-order chi connectivity index (χ1) is 11.5. The van der Waals surface area contributed by atoms with E-state index < -0.39 is 10.0 Å². The van der Waals surface area contributed by atoms with Gasteiger partial charge in [0.25, 0.3) is 10.0 Å². The molecule has 2 N–H and O–H groups in total. The lowest BCUT2D eigenvalue weighted by Crippen LogP contribution is -2.47. The zero-order valence-corrected chi connectivity index (χ0v) is 15.4. The van der Waals surface area contributed by atoms with Crippen molar-refractivity contribution in [2.45, 2.75) is 48.8 Å². The molecule has 2 saturated heterocycles. The maximum absolute atomic E-state index is 12.6. The third-order valence-electron chi connectivity index (χ3n) is 4.84. The van der Waals surface area contributed by atoms with Crippen LogP contribution in [0.2, 0.25) is 0 Å². The van der Waals surface area contributed by atoms with E-state index in [1.165, 1.54) is 11.3 Å². The molecule has 1 amide bonds. The number of amides is 1. The van der Waals surface area contributed by atoms with Gasteiger partial charge < -0.3 is 10.6 Å². The third-order valence-corrected chi connectivity index (χ3v) is 8.29. The van der Waals surface area contributed by atoms with Crippen molar-refractivity contribution in [3.63, 3.8) is 0 Å². The molecule has 0 aliphatic carbocycles. The molecule has 2 fully saturated rings. The van der Waals surface area contributed by atoms with Crippen LogP contribution in [0.5, 0.6) is 0 Å². The number of carbonyl (C=O) groups is 1. The molecule has 2 aliphatic heterocycles. The normalized spacial score (nSPS) is 22.9. The van der Waals surface area contributed by atoms with Crippen LogP contribution in [-0.2, 0) is 21.2 Å². The number of piperidine rings is 1. The molecule has 1 atom stereocenters. The molecule has 0 spiro atoms. The molecule has 2 aliphatic rings. The first kappa shape index (κ1) is 17.8. The number of nitrogens with zero attached hydrogens (tertiary/aromatic N) is 2. The van der Waals surface area contributed by atoms with Gasteiger partial charge in [0, 0.05) is 37.1 Å². The second kappa shape index (κ2) is 7.51. The molecule has 0 radical (unpaired) electrons. The molecule has 24 heavy (non-hydrogen) atoms. The predicted molar refractivity (Wildman–Crippen MR) is 94.4 cm³/mol. The van der Waals surface area contributed by atoms with Gasteiger partial charge >= 0.3 is 0 Å². The minimum atomic E-state index is -3.39. The fraction of sp³-hybridized carbons (Fsp3) is 0.688. The summed E-state index contributed by atoms with van der Waals surface area (Å²) in [4.78, 5) is 15.2. The van der Waals surface area contributed by atoms with Crippen molar-refractivity contribution in [3.05, 3.63) is 17.0 Å². The number of nitrogens with two attached hydrogens (primary N) is 1. The standard InChI is InChI=1S/C16H25N3O3S2/c17-12-13-5-1-2-10-19(13)15(20)11-14-6-7-16(23-14)24(21,22)18-8-3-4-9-18/h6-7,13H,1-5,8-12,17H2. The fourth-order valence-corrected chi connectivity index (χ4v) is 6.49. The average Bonchev–Trinajstić information content (AvgIpc) is 3.27. The highest BCUT2D eigenvalue weighted by atomic mass is 32.2. The molecule has 8 heteroatoms. The van der Waals surface area contributed by atoms with Crippen LogP contribution in [0.1, 0.15) is 37.0 Å². The Hall–Kier alpha value is -0.960. The van der Waals surface area contributed by atoms with Gasteiger partial charge in [-0.3, -0.25) is 4.79 Å². The van der Waals surface area contributed by atoms with E-state index in [-0.39, 0.29) is 18.4 Å². The number of sulfonamides is 1. The maximum Gasteiger partial charge on any atom is 0.252 e. The van der Waals surface area contributed by atoms with Gasteiger partial charge in [-0.2, -0.15) is 4.31 Å². The molecule has 1 aromatic rings. The Morgan fingerprint density at radius 3 is 2.58 bits per heavy atom. The first-order valence-electron chi connectivity index (χ1n) is 8.61. The van der Waals surface area contributed by atoms with Crippen molar-refractivity contribution in [3.8, 4) is 0 Å². The van der Waals surface area contributed by atoms with Crippen molar-refractivity contribution in [2.75, 3.05) is 26.2 Å². The first-order valence-corrected chi connectivity index (χ1v) is 10.9. The van der Waals surface area contributed by atoms with Gasteiger partial charge in [0.15, 0.2) is 0 Å². The van der Waals surface area contributed by atoms with Crippen molar-refractivity contribution in [1.29, 1.82) is 0 Å². The van der Waals surface area contributed by atoms with Crippen LogP contribution >= 0.6 is 11.3 Å². The van der Waals surface area contributed by atoms with Crippen LogP contribution in [0.15, 0.2) is 16.3 Å². The minimum absolute atomic E-state index is 0.0529. The van der Waals surface area contributed by atoms with E-state index in [1.807, 2.05) is 4.90 Å². The smallest absolute Gasteiger partial charge is 0.252 e. The second-order valence-corrected chi connectivity index (χ2v) is 9.81. The summed E-state index contributed by atoms with van der Waals surface area (Å²) in [5.41, 5.74) is 5.78. The highest BCUT2D eigenvalue weighted by Gasteiger charge is 2.30. The van der Waals surface area contributed by atoms with Crippen LogP contribution in [0.3, 0.4) is 0 Å². The van der Waals surface area contributed by atoms with Crippen molar-refractivity contribution >= 4 is 27.3 Å². The quantitative estimate of drug-likeness (QED) is 0.848. The number of rotatable bonds is 5. The average molecular weight is 372 g/mol. The summed E-state index contributed by atoms with van der Waals surface area (Å²) < 4.78 is 27.0. The third kappa shape index (κ3) is 3.66. The lowest BCUT2D eigenvalue weighted by Gasteiger charge is -2.35. The summed E-state index contributed by atoms with van der Waals surface area (Å²) in [7, 11) is -3.39. The van der Waals surface area contributed by atoms with Gasteiger partial charge in [0.2, 0.25) is 5.91 Å². The molecular weight excluding hydrogens is 346 g/mol. The van der Waals surface area contributed by atoms with Crippen molar-refractivity contribution in [2.24, 2.45) is 5.73 Å². The topological polar surface area (TPSA) is 83.7 Å². The van der Waals surface area contributed by atoms with Crippen LogP contribution < -0.4 is 5.73 Å². The second-order valence-electron chi connectivity index (χ2n) is 6.48. The predicted octanol–water partition coefficient (Wildman–Crippen LogP) is 1.41. The number of hydrogen-bond acceptors (Lipinski definition) is 5. The molecule has 0 bridgehead atoms. The maximum atomic E-state index is 12.6. The number of hydrogen-bond donors (Lipinski definition) is 1. The van der Waals surface area contributed by atoms with E-state index in [2.05, 4.69) is 0 Å². The Kier molecular flexibility index (Phi) is 5.59. The van der Waals surface area contributed by atoms with E-state index in [4.69, 9.17) is 5.73 Å². The number of likely N-dealkylation sites (tertiary alicyclic amines) is 1. The molecule has 0 aromatic carbocycles. The van der Waals surface area contributed by atoms with E-state index in [1.54, 1.807) is 16.4 Å². The molecule has 6 nitrogen and oxygen atoms in total. The molecule has 134 valence electrons. The van der Waals surface area contributed by atoms with Gasteiger partial charge in [-0.25, -0.2) is 8.42 Å². The van der Waals surface area contributed by atoms with Gasteiger partial charge in [-0.1, -0.05) is 0 Å². The minimum Gasteiger partial charge on any atom is -0.338 e. The summed E-state index contributed by atoms with van der Waals surface area (Å²) in [5.74, 6) is 0.0529. The summed E-state index contributed by atoms with van der Waals surface area (Å²) in [6, 6.07) is 3.53. The highest BCUT2D eigenvalue weighted by molar-refractivity contribution is 7.91. The van der Waals surface area contributed by atoms with Gasteiger partial charge in [-0.05, 0) is 44.2 Å². The fourth-order valence-electron chi connectivity index (χ4n) is 3.47. The highest BCUT2D eigenvalue weighted by Crippen LogP contribution is 2.28. The summed E-state index contributed by atoms with van der Waals surface area (Å²) in [5, 5.41) is 0. The van der Waals surface area contributed by atoms with E-state index in [9.17, 15) is 13.2 Å².